The van der Waals surface area contributed by atoms with Crippen molar-refractivity contribution in [3.63, 3.8) is 0 Å². The van der Waals surface area contributed by atoms with E-state index in [1.165, 1.54) is 18.8 Å². The summed E-state index contributed by atoms with van der Waals surface area (Å²) in [4.78, 5) is 13.5. The van der Waals surface area contributed by atoms with Crippen LogP contribution in [0.3, 0.4) is 0 Å². The number of carbonyl (C=O) groups is 1. The molecule has 0 bridgehead atoms. The highest BCUT2D eigenvalue weighted by Gasteiger charge is 2.27. The Morgan fingerprint density at radius 1 is 1.21 bits per heavy atom. The molecule has 0 N–H and O–H groups in total. The van der Waals surface area contributed by atoms with Crippen LogP contribution in [-0.4, -0.2) is 55.4 Å². The number of carbonyl (C=O) groups excluding carboxylic acids is 1. The lowest BCUT2D eigenvalue weighted by molar-refractivity contribution is -0.894. The first-order valence-corrected chi connectivity index (χ1v) is 5.37. The van der Waals surface area contributed by atoms with E-state index < -0.39 is 0 Å². The molecule has 0 aromatic heterocycles. The van der Waals surface area contributed by atoms with Crippen molar-refractivity contribution in [1.82, 2.24) is 4.90 Å². The van der Waals surface area contributed by atoms with Gasteiger partial charge in [0, 0.05) is 18.2 Å². The molecule has 0 spiro atoms. The summed E-state index contributed by atoms with van der Waals surface area (Å²) in [6.45, 7) is 4.58. The molecule has 14 heavy (non-hydrogen) atoms. The molecule has 2 aliphatic rings. The van der Waals surface area contributed by atoms with Gasteiger partial charge in [0.25, 0.3) is 0 Å². The number of ketones is 1. The van der Waals surface area contributed by atoms with Gasteiger partial charge in [-0.15, -0.1) is 0 Å². The lowest BCUT2D eigenvalue weighted by Crippen LogP contribution is -2.54. The molecule has 1 heterocycles. The van der Waals surface area contributed by atoms with Crippen LogP contribution in [0.25, 0.3) is 0 Å². The molecule has 1 fully saturated rings. The SMILES string of the molecule is C[N+]1(C)CCN(C2=CC(=O)CC2)CC1. The molecule has 0 unspecified atom stereocenters. The Balaban J connectivity index is 1.96. The van der Waals surface area contributed by atoms with Crippen molar-refractivity contribution in [2.75, 3.05) is 40.3 Å². The summed E-state index contributed by atoms with van der Waals surface area (Å²) in [5.74, 6) is 0.305. The maximum atomic E-state index is 11.1. The first-order valence-electron chi connectivity index (χ1n) is 5.37. The van der Waals surface area contributed by atoms with Crippen molar-refractivity contribution >= 4 is 5.78 Å². The van der Waals surface area contributed by atoms with E-state index in [0.29, 0.717) is 5.78 Å². The number of hydrogen-bond donors (Lipinski definition) is 0. The van der Waals surface area contributed by atoms with Gasteiger partial charge in [-0.3, -0.25) is 4.79 Å². The fourth-order valence-electron chi connectivity index (χ4n) is 2.12. The molecule has 1 saturated heterocycles. The average Bonchev–Trinajstić information content (AvgIpc) is 2.52. The van der Waals surface area contributed by atoms with E-state index >= 15 is 0 Å². The molecule has 0 aromatic rings. The summed E-state index contributed by atoms with van der Waals surface area (Å²) in [5, 5.41) is 0. The van der Waals surface area contributed by atoms with Crippen molar-refractivity contribution in [3.8, 4) is 0 Å². The summed E-state index contributed by atoms with van der Waals surface area (Å²) >= 11 is 0. The molecule has 0 radical (unpaired) electrons. The van der Waals surface area contributed by atoms with Crippen LogP contribution >= 0.6 is 0 Å². The third kappa shape index (κ3) is 1.98. The van der Waals surface area contributed by atoms with Gasteiger partial charge in [0.05, 0.1) is 40.3 Å². The highest BCUT2D eigenvalue weighted by atomic mass is 16.1. The van der Waals surface area contributed by atoms with Crippen LogP contribution in [0.15, 0.2) is 11.8 Å². The minimum absolute atomic E-state index is 0.305. The molecule has 0 atom stereocenters. The van der Waals surface area contributed by atoms with E-state index in [1.807, 2.05) is 6.08 Å². The highest BCUT2D eigenvalue weighted by Crippen LogP contribution is 2.21. The summed E-state index contributed by atoms with van der Waals surface area (Å²) in [7, 11) is 4.54. The van der Waals surface area contributed by atoms with E-state index in [2.05, 4.69) is 19.0 Å². The van der Waals surface area contributed by atoms with Crippen LogP contribution in [0, 0.1) is 0 Å². The van der Waals surface area contributed by atoms with E-state index in [9.17, 15) is 4.79 Å². The van der Waals surface area contributed by atoms with Gasteiger partial charge in [0.15, 0.2) is 5.78 Å². The Hall–Kier alpha value is -0.830. The summed E-state index contributed by atoms with van der Waals surface area (Å²) < 4.78 is 1.11. The van der Waals surface area contributed by atoms with Crippen molar-refractivity contribution < 1.29 is 9.28 Å². The second-order valence-electron chi connectivity index (χ2n) is 4.97. The molecular formula is C11H19N2O+. The number of piperazine rings is 1. The number of quaternary nitrogens is 1. The minimum atomic E-state index is 0.305. The second-order valence-corrected chi connectivity index (χ2v) is 4.97. The quantitative estimate of drug-likeness (QED) is 0.572. The summed E-state index contributed by atoms with van der Waals surface area (Å²) in [6, 6.07) is 0. The van der Waals surface area contributed by atoms with E-state index in [1.54, 1.807) is 0 Å². The highest BCUT2D eigenvalue weighted by molar-refractivity contribution is 5.92. The number of likely N-dealkylation sites (N-methyl/N-ethyl adjacent to an activating group) is 1. The standard InChI is InChI=1S/C11H19N2O/c1-13(2)7-5-12(6-8-13)10-3-4-11(14)9-10/h9H,3-8H2,1-2H3/q+1. The molecule has 0 amide bonds. The Kier molecular flexibility index (Phi) is 2.35. The predicted molar refractivity (Wildman–Crippen MR) is 55.7 cm³/mol. The molecule has 1 aliphatic heterocycles. The van der Waals surface area contributed by atoms with Gasteiger partial charge in [0.1, 0.15) is 0 Å². The summed E-state index contributed by atoms with van der Waals surface area (Å²) in [6.07, 6.45) is 3.53. The van der Waals surface area contributed by atoms with Gasteiger partial charge in [-0.1, -0.05) is 0 Å². The Morgan fingerprint density at radius 2 is 1.86 bits per heavy atom. The Bertz CT molecular complexity index is 271. The first-order chi connectivity index (χ1) is 6.57. The number of allylic oxidation sites excluding steroid dienone is 2. The van der Waals surface area contributed by atoms with Gasteiger partial charge in [-0.2, -0.15) is 0 Å². The molecule has 0 aromatic carbocycles. The second kappa shape index (κ2) is 3.39. The number of nitrogens with zero attached hydrogens (tertiary/aromatic N) is 2. The van der Waals surface area contributed by atoms with Crippen LogP contribution in [-0.2, 0) is 4.79 Å². The lowest BCUT2D eigenvalue weighted by Gasteiger charge is -2.40. The monoisotopic (exact) mass is 195 g/mol. The van der Waals surface area contributed by atoms with Crippen molar-refractivity contribution in [1.29, 1.82) is 0 Å². The largest absolute Gasteiger partial charge is 0.363 e. The molecule has 3 heteroatoms. The third-order valence-corrected chi connectivity index (χ3v) is 3.31. The van der Waals surface area contributed by atoms with Crippen molar-refractivity contribution in [2.24, 2.45) is 0 Å². The van der Waals surface area contributed by atoms with Crippen LogP contribution in [0.4, 0.5) is 0 Å². The third-order valence-electron chi connectivity index (χ3n) is 3.31. The van der Waals surface area contributed by atoms with Gasteiger partial charge in [-0.25, -0.2) is 0 Å². The maximum Gasteiger partial charge on any atom is 0.157 e. The molecular weight excluding hydrogens is 176 g/mol. The van der Waals surface area contributed by atoms with Crippen LogP contribution in [0.5, 0.6) is 0 Å². The number of hydrogen-bond acceptors (Lipinski definition) is 2. The van der Waals surface area contributed by atoms with Gasteiger partial charge in [0.2, 0.25) is 0 Å². The molecule has 78 valence electrons. The fraction of sp³-hybridized carbons (Fsp3) is 0.727. The van der Waals surface area contributed by atoms with Crippen LogP contribution < -0.4 is 0 Å². The smallest absolute Gasteiger partial charge is 0.157 e. The normalized spacial score (nSPS) is 26.6. The van der Waals surface area contributed by atoms with Crippen LogP contribution in [0.1, 0.15) is 12.8 Å². The lowest BCUT2D eigenvalue weighted by atomic mass is 10.2. The van der Waals surface area contributed by atoms with E-state index in [0.717, 1.165) is 30.4 Å². The zero-order valence-corrected chi connectivity index (χ0v) is 9.12. The first kappa shape index (κ1) is 9.71. The number of rotatable bonds is 1. The van der Waals surface area contributed by atoms with E-state index in [-0.39, 0.29) is 0 Å². The van der Waals surface area contributed by atoms with E-state index in [4.69, 9.17) is 0 Å². The Morgan fingerprint density at radius 3 is 2.36 bits per heavy atom. The van der Waals surface area contributed by atoms with Gasteiger partial charge in [-0.05, 0) is 6.42 Å². The average molecular weight is 195 g/mol. The molecule has 0 saturated carbocycles. The molecule has 2 rings (SSSR count). The minimum Gasteiger partial charge on any atom is -0.363 e. The van der Waals surface area contributed by atoms with Gasteiger partial charge < -0.3 is 9.38 Å². The summed E-state index contributed by atoms with van der Waals surface area (Å²) in [5.41, 5.74) is 1.27. The van der Waals surface area contributed by atoms with Crippen LogP contribution in [0.2, 0.25) is 0 Å². The molecule has 3 nitrogen and oxygen atoms in total. The van der Waals surface area contributed by atoms with Crippen molar-refractivity contribution in [3.05, 3.63) is 11.8 Å². The fourth-order valence-corrected chi connectivity index (χ4v) is 2.12. The topological polar surface area (TPSA) is 20.3 Å². The molecule has 1 aliphatic carbocycles. The van der Waals surface area contributed by atoms with Crippen molar-refractivity contribution in [2.45, 2.75) is 12.8 Å². The maximum absolute atomic E-state index is 11.1. The zero-order valence-electron chi connectivity index (χ0n) is 9.12. The van der Waals surface area contributed by atoms with Gasteiger partial charge >= 0.3 is 0 Å². The Labute approximate surface area is 85.6 Å². The zero-order chi connectivity index (χ0) is 10.2. The predicted octanol–water partition coefficient (Wildman–Crippen LogP) is 0.625.